The molecule has 94 valence electrons. The van der Waals surface area contributed by atoms with Crippen LogP contribution in [0.2, 0.25) is 0 Å². The van der Waals surface area contributed by atoms with Crippen molar-refractivity contribution in [2.24, 2.45) is 0 Å². The minimum atomic E-state index is 0.259. The molecule has 3 rings (SSSR count). The molecule has 0 saturated heterocycles. The number of hydrogen-bond donors (Lipinski definition) is 1. The van der Waals surface area contributed by atoms with Crippen LogP contribution in [0.5, 0.6) is 5.75 Å². The van der Waals surface area contributed by atoms with E-state index in [1.54, 1.807) is 12.1 Å². The van der Waals surface area contributed by atoms with E-state index in [0.717, 1.165) is 27.9 Å². The number of rotatable bonds is 2. The maximum atomic E-state index is 9.30. The summed E-state index contributed by atoms with van der Waals surface area (Å²) in [5.74, 6) is 1.07. The molecule has 0 amide bonds. The lowest BCUT2D eigenvalue weighted by Crippen LogP contribution is -1.71. The quantitative estimate of drug-likeness (QED) is 0.706. The Morgan fingerprint density at radius 1 is 1.00 bits per heavy atom. The predicted molar refractivity (Wildman–Crippen MR) is 78.0 cm³/mol. The van der Waals surface area contributed by atoms with Crippen LogP contribution in [0.15, 0.2) is 59.0 Å². The van der Waals surface area contributed by atoms with Crippen LogP contribution in [0, 0.1) is 0 Å². The van der Waals surface area contributed by atoms with Gasteiger partial charge in [0.25, 0.3) is 0 Å². The molecule has 1 heterocycles. The smallest absolute Gasteiger partial charge is 0.135 e. The van der Waals surface area contributed by atoms with E-state index in [0.29, 0.717) is 0 Å². The van der Waals surface area contributed by atoms with Crippen molar-refractivity contribution in [3.63, 3.8) is 0 Å². The van der Waals surface area contributed by atoms with Gasteiger partial charge in [0.05, 0.1) is 0 Å². The molecule has 0 atom stereocenters. The van der Waals surface area contributed by atoms with Crippen LogP contribution >= 0.6 is 0 Å². The van der Waals surface area contributed by atoms with E-state index >= 15 is 0 Å². The van der Waals surface area contributed by atoms with Crippen molar-refractivity contribution in [2.45, 2.75) is 6.92 Å². The van der Waals surface area contributed by atoms with Crippen molar-refractivity contribution in [3.8, 4) is 17.1 Å². The maximum Gasteiger partial charge on any atom is 0.135 e. The van der Waals surface area contributed by atoms with Gasteiger partial charge in [0.2, 0.25) is 0 Å². The summed E-state index contributed by atoms with van der Waals surface area (Å²) in [6.07, 6.45) is 4.08. The van der Waals surface area contributed by atoms with E-state index in [2.05, 4.69) is 12.1 Å². The summed E-state index contributed by atoms with van der Waals surface area (Å²) in [5, 5.41) is 10.4. The van der Waals surface area contributed by atoms with Gasteiger partial charge in [-0.25, -0.2) is 0 Å². The summed E-state index contributed by atoms with van der Waals surface area (Å²) in [4.78, 5) is 0. The molecule has 0 aliphatic rings. The summed E-state index contributed by atoms with van der Waals surface area (Å²) >= 11 is 0. The fourth-order valence-corrected chi connectivity index (χ4v) is 2.13. The van der Waals surface area contributed by atoms with Gasteiger partial charge < -0.3 is 9.52 Å². The lowest BCUT2D eigenvalue weighted by atomic mass is 10.1. The summed E-state index contributed by atoms with van der Waals surface area (Å²) in [7, 11) is 0. The zero-order chi connectivity index (χ0) is 13.2. The second-order valence-corrected chi connectivity index (χ2v) is 4.45. The average Bonchev–Trinajstić information content (AvgIpc) is 2.83. The molecule has 0 unspecified atom stereocenters. The largest absolute Gasteiger partial charge is 0.508 e. The van der Waals surface area contributed by atoms with E-state index in [4.69, 9.17) is 4.42 Å². The number of aromatic hydroxyl groups is 1. The van der Waals surface area contributed by atoms with Gasteiger partial charge in [-0.05, 0) is 55.0 Å². The predicted octanol–water partition coefficient (Wildman–Crippen LogP) is 4.84. The first-order valence-electron chi connectivity index (χ1n) is 6.22. The van der Waals surface area contributed by atoms with E-state index in [1.807, 2.05) is 43.3 Å². The highest BCUT2D eigenvalue weighted by molar-refractivity contribution is 5.84. The second kappa shape index (κ2) is 4.65. The minimum Gasteiger partial charge on any atom is -0.508 e. The normalized spacial score (nSPS) is 11.4. The molecule has 0 fully saturated rings. The molecule has 2 heteroatoms. The molecule has 2 aromatic carbocycles. The van der Waals surface area contributed by atoms with E-state index in [9.17, 15) is 5.11 Å². The van der Waals surface area contributed by atoms with Crippen LogP contribution in [0.25, 0.3) is 28.4 Å². The topological polar surface area (TPSA) is 33.4 Å². The first kappa shape index (κ1) is 11.6. The van der Waals surface area contributed by atoms with Gasteiger partial charge in [-0.1, -0.05) is 18.2 Å². The zero-order valence-corrected chi connectivity index (χ0v) is 10.6. The third-order valence-corrected chi connectivity index (χ3v) is 3.05. The summed E-state index contributed by atoms with van der Waals surface area (Å²) in [6.45, 7) is 2.00. The SMILES string of the molecule is CC=Cc1ccc2oc(-c3ccc(O)cc3)cc2c1. The Morgan fingerprint density at radius 2 is 1.79 bits per heavy atom. The highest BCUT2D eigenvalue weighted by Crippen LogP contribution is 2.29. The first-order chi connectivity index (χ1) is 9.26. The number of phenols is 1. The second-order valence-electron chi connectivity index (χ2n) is 4.45. The Hall–Kier alpha value is -2.48. The van der Waals surface area contributed by atoms with Crippen LogP contribution in [0.1, 0.15) is 12.5 Å². The molecule has 3 aromatic rings. The van der Waals surface area contributed by atoms with Crippen molar-refractivity contribution in [3.05, 3.63) is 60.2 Å². The summed E-state index contributed by atoms with van der Waals surface area (Å²) in [6, 6.07) is 15.2. The first-order valence-corrected chi connectivity index (χ1v) is 6.22. The standard InChI is InChI=1S/C17H14O2/c1-2-3-12-4-9-16-14(10-12)11-17(19-16)13-5-7-15(18)8-6-13/h2-11,18H,1H3. The lowest BCUT2D eigenvalue weighted by Gasteiger charge is -1.95. The number of hydrogen-bond acceptors (Lipinski definition) is 2. The molecule has 2 nitrogen and oxygen atoms in total. The monoisotopic (exact) mass is 250 g/mol. The molecular formula is C17H14O2. The number of benzene rings is 2. The molecule has 0 spiro atoms. The minimum absolute atomic E-state index is 0.259. The molecule has 0 aliphatic heterocycles. The van der Waals surface area contributed by atoms with E-state index in [-0.39, 0.29) is 5.75 Å². The number of furan rings is 1. The number of phenolic OH excluding ortho intramolecular Hbond substituents is 1. The molecule has 19 heavy (non-hydrogen) atoms. The number of allylic oxidation sites excluding steroid dienone is 1. The Bertz CT molecular complexity index is 734. The van der Waals surface area contributed by atoms with E-state index in [1.165, 1.54) is 0 Å². The summed E-state index contributed by atoms with van der Waals surface area (Å²) < 4.78 is 5.82. The molecule has 0 saturated carbocycles. The Morgan fingerprint density at radius 3 is 2.53 bits per heavy atom. The number of fused-ring (bicyclic) bond motifs is 1. The van der Waals surface area contributed by atoms with Crippen molar-refractivity contribution in [1.82, 2.24) is 0 Å². The van der Waals surface area contributed by atoms with Gasteiger partial charge in [0.15, 0.2) is 0 Å². The maximum absolute atomic E-state index is 9.30. The fraction of sp³-hybridized carbons (Fsp3) is 0.0588. The Balaban J connectivity index is 2.08. The van der Waals surface area contributed by atoms with E-state index < -0.39 is 0 Å². The van der Waals surface area contributed by atoms with Crippen LogP contribution in [-0.2, 0) is 0 Å². The lowest BCUT2D eigenvalue weighted by molar-refractivity contribution is 0.475. The molecule has 0 radical (unpaired) electrons. The molecule has 0 aliphatic carbocycles. The molecular weight excluding hydrogens is 236 g/mol. The average molecular weight is 250 g/mol. The van der Waals surface area contributed by atoms with Gasteiger partial charge in [-0.15, -0.1) is 0 Å². The van der Waals surface area contributed by atoms with Crippen LogP contribution in [0.4, 0.5) is 0 Å². The summed E-state index contributed by atoms with van der Waals surface area (Å²) in [5.41, 5.74) is 2.99. The van der Waals surface area contributed by atoms with Gasteiger partial charge in [-0.3, -0.25) is 0 Å². The highest BCUT2D eigenvalue weighted by atomic mass is 16.3. The van der Waals surface area contributed by atoms with Gasteiger partial charge in [-0.2, -0.15) is 0 Å². The molecule has 0 bridgehead atoms. The van der Waals surface area contributed by atoms with Gasteiger partial charge in [0, 0.05) is 10.9 Å². The molecule has 1 aromatic heterocycles. The van der Waals surface area contributed by atoms with Crippen molar-refractivity contribution in [1.29, 1.82) is 0 Å². The van der Waals surface area contributed by atoms with Crippen LogP contribution in [-0.4, -0.2) is 5.11 Å². The highest BCUT2D eigenvalue weighted by Gasteiger charge is 2.06. The zero-order valence-electron chi connectivity index (χ0n) is 10.6. The Labute approximate surface area is 111 Å². The van der Waals surface area contributed by atoms with Crippen molar-refractivity contribution >= 4 is 17.0 Å². The third kappa shape index (κ3) is 2.25. The van der Waals surface area contributed by atoms with Crippen molar-refractivity contribution in [2.75, 3.05) is 0 Å². The van der Waals surface area contributed by atoms with Crippen LogP contribution < -0.4 is 0 Å². The Kier molecular flexibility index (Phi) is 2.84. The molecule has 1 N–H and O–H groups in total. The van der Waals surface area contributed by atoms with Crippen LogP contribution in [0.3, 0.4) is 0 Å². The van der Waals surface area contributed by atoms with Gasteiger partial charge >= 0.3 is 0 Å². The third-order valence-electron chi connectivity index (χ3n) is 3.05. The fourth-order valence-electron chi connectivity index (χ4n) is 2.13. The van der Waals surface area contributed by atoms with Crippen molar-refractivity contribution < 1.29 is 9.52 Å². The van der Waals surface area contributed by atoms with Gasteiger partial charge in [0.1, 0.15) is 17.1 Å².